The van der Waals surface area contributed by atoms with Crippen LogP contribution in [0.15, 0.2) is 48.9 Å². The van der Waals surface area contributed by atoms with E-state index in [1.807, 2.05) is 24.4 Å². The highest BCUT2D eigenvalue weighted by Gasteiger charge is 2.13. The third-order valence-corrected chi connectivity index (χ3v) is 5.88. The summed E-state index contributed by atoms with van der Waals surface area (Å²) in [4.78, 5) is 35.6. The number of unbranched alkanes of at least 4 members (excludes halogenated alkanes) is 3. The van der Waals surface area contributed by atoms with Gasteiger partial charge in [-0.15, -0.1) is 0 Å². The van der Waals surface area contributed by atoms with Crippen molar-refractivity contribution in [3.8, 4) is 17.3 Å². The van der Waals surface area contributed by atoms with Crippen LogP contribution in [0.4, 0.5) is 17.3 Å². The van der Waals surface area contributed by atoms with Crippen molar-refractivity contribution in [1.82, 2.24) is 30.2 Å². The highest BCUT2D eigenvalue weighted by atomic mass is 16.5. The minimum atomic E-state index is -0.391. The number of rotatable bonds is 13. The summed E-state index contributed by atoms with van der Waals surface area (Å²) in [5.74, 6) is -0.0509. The van der Waals surface area contributed by atoms with Gasteiger partial charge in [0, 0.05) is 47.6 Å². The summed E-state index contributed by atoms with van der Waals surface area (Å²) in [7, 11) is 0. The van der Waals surface area contributed by atoms with Crippen LogP contribution in [0, 0.1) is 11.3 Å². The summed E-state index contributed by atoms with van der Waals surface area (Å²) in [5, 5.41) is 28.6. The number of benzene rings is 1. The smallest absolute Gasteiger partial charge is 0.243 e. The summed E-state index contributed by atoms with van der Waals surface area (Å²) < 4.78 is 1.72. The number of fused-ring (bicyclic) bond motifs is 1. The minimum Gasteiger partial charge on any atom is -0.346 e. The summed E-state index contributed by atoms with van der Waals surface area (Å²) >= 11 is 0. The number of hydrogen-bond donors (Lipinski definition) is 5. The number of carbonyl (C=O) groups excluding carboxylic acids is 2. The number of hydroxylamine groups is 1. The third-order valence-electron chi connectivity index (χ3n) is 5.88. The van der Waals surface area contributed by atoms with Gasteiger partial charge >= 0.3 is 0 Å². The van der Waals surface area contributed by atoms with Crippen LogP contribution in [0.5, 0.6) is 0 Å². The number of nitriles is 1. The number of hydrogen-bond acceptors (Lipinski definition) is 8. The predicted octanol–water partition coefficient (Wildman–Crippen LogP) is 4.26. The molecule has 4 rings (SSSR count). The van der Waals surface area contributed by atoms with Crippen molar-refractivity contribution < 1.29 is 14.8 Å². The van der Waals surface area contributed by atoms with E-state index in [9.17, 15) is 9.59 Å². The number of aryl methyl sites for hydroxylation is 1. The molecule has 5 N–H and O–H groups in total. The molecular weight excluding hydrogens is 486 g/mol. The quantitative estimate of drug-likeness (QED) is 0.0997. The molecule has 0 saturated carbocycles. The molecule has 196 valence electrons. The SMILES string of the molecule is N#CCCn1cc(-c2nc(Nc3ccc(NC(=O)CCCCCCC(=O)NO)cc3)nc3[nH]ccc23)cn1. The van der Waals surface area contributed by atoms with E-state index in [1.54, 1.807) is 34.7 Å². The molecular formula is C26H29N9O3. The Bertz CT molecular complexity index is 1420. The van der Waals surface area contributed by atoms with E-state index < -0.39 is 5.91 Å². The highest BCUT2D eigenvalue weighted by Crippen LogP contribution is 2.28. The van der Waals surface area contributed by atoms with Crippen LogP contribution in [0.3, 0.4) is 0 Å². The Morgan fingerprint density at radius 1 is 1.00 bits per heavy atom. The molecule has 3 heterocycles. The van der Waals surface area contributed by atoms with Crippen molar-refractivity contribution in [2.75, 3.05) is 10.6 Å². The number of carbonyl (C=O) groups is 2. The van der Waals surface area contributed by atoms with Crippen LogP contribution in [0.2, 0.25) is 0 Å². The van der Waals surface area contributed by atoms with Crippen molar-refractivity contribution in [3.05, 3.63) is 48.9 Å². The van der Waals surface area contributed by atoms with Gasteiger partial charge in [-0.2, -0.15) is 15.3 Å². The predicted molar refractivity (Wildman–Crippen MR) is 141 cm³/mol. The molecule has 0 bridgehead atoms. The first kappa shape index (κ1) is 26.3. The molecule has 12 nitrogen and oxygen atoms in total. The average Bonchev–Trinajstić information content (AvgIpc) is 3.60. The van der Waals surface area contributed by atoms with E-state index in [1.165, 1.54) is 0 Å². The van der Waals surface area contributed by atoms with Gasteiger partial charge in [0.25, 0.3) is 0 Å². The van der Waals surface area contributed by atoms with E-state index in [0.717, 1.165) is 41.6 Å². The maximum atomic E-state index is 12.2. The molecule has 0 saturated heterocycles. The van der Waals surface area contributed by atoms with Crippen molar-refractivity contribution in [1.29, 1.82) is 5.26 Å². The van der Waals surface area contributed by atoms with Gasteiger partial charge in [0.15, 0.2) is 0 Å². The lowest BCUT2D eigenvalue weighted by Crippen LogP contribution is -2.17. The molecule has 0 aliphatic heterocycles. The Hall–Kier alpha value is -4.76. The number of aromatic nitrogens is 5. The van der Waals surface area contributed by atoms with Crippen molar-refractivity contribution in [2.45, 2.75) is 51.5 Å². The van der Waals surface area contributed by atoms with Crippen LogP contribution in [-0.4, -0.2) is 41.8 Å². The first-order valence-electron chi connectivity index (χ1n) is 12.4. The van der Waals surface area contributed by atoms with Gasteiger partial charge in [-0.1, -0.05) is 12.8 Å². The lowest BCUT2D eigenvalue weighted by molar-refractivity contribution is -0.129. The van der Waals surface area contributed by atoms with E-state index in [0.29, 0.717) is 43.1 Å². The third kappa shape index (κ3) is 7.14. The maximum absolute atomic E-state index is 12.2. The second-order valence-corrected chi connectivity index (χ2v) is 8.74. The highest BCUT2D eigenvalue weighted by molar-refractivity contribution is 5.92. The van der Waals surface area contributed by atoms with Gasteiger partial charge in [-0.25, -0.2) is 10.5 Å². The molecule has 38 heavy (non-hydrogen) atoms. The normalized spacial score (nSPS) is 10.7. The Morgan fingerprint density at radius 2 is 1.74 bits per heavy atom. The monoisotopic (exact) mass is 515 g/mol. The lowest BCUT2D eigenvalue weighted by atomic mass is 10.1. The van der Waals surface area contributed by atoms with Gasteiger partial charge in [-0.3, -0.25) is 19.5 Å². The van der Waals surface area contributed by atoms with Gasteiger partial charge in [0.1, 0.15) is 5.65 Å². The Morgan fingerprint density at radius 3 is 2.47 bits per heavy atom. The summed E-state index contributed by atoms with van der Waals surface area (Å²) in [6.07, 6.45) is 9.51. The number of H-pyrrole nitrogens is 1. The molecule has 0 unspecified atom stereocenters. The van der Waals surface area contributed by atoms with Crippen LogP contribution in [0.1, 0.15) is 44.9 Å². The lowest BCUT2D eigenvalue weighted by Gasteiger charge is -2.09. The van der Waals surface area contributed by atoms with E-state index in [-0.39, 0.29) is 12.3 Å². The maximum Gasteiger partial charge on any atom is 0.243 e. The van der Waals surface area contributed by atoms with Gasteiger partial charge in [0.2, 0.25) is 17.8 Å². The topological polar surface area (TPSA) is 174 Å². The van der Waals surface area contributed by atoms with Crippen LogP contribution >= 0.6 is 0 Å². The number of anilines is 3. The van der Waals surface area contributed by atoms with Crippen LogP contribution < -0.4 is 16.1 Å². The van der Waals surface area contributed by atoms with Crippen molar-refractivity contribution in [2.24, 2.45) is 0 Å². The fourth-order valence-corrected chi connectivity index (χ4v) is 3.96. The van der Waals surface area contributed by atoms with Gasteiger partial charge < -0.3 is 15.6 Å². The molecule has 0 spiro atoms. The van der Waals surface area contributed by atoms with Gasteiger partial charge in [-0.05, 0) is 43.2 Å². The molecule has 0 radical (unpaired) electrons. The zero-order valence-electron chi connectivity index (χ0n) is 20.8. The summed E-state index contributed by atoms with van der Waals surface area (Å²) in [6.45, 7) is 0.511. The summed E-state index contributed by atoms with van der Waals surface area (Å²) in [5.41, 5.74) is 5.29. The standard InChI is InChI=1S/C26H29N9O3/c27-13-5-15-35-17-18(16-29-35)24-21-12-14-28-25(21)33-26(32-24)31-20-10-8-19(9-11-20)30-22(36)6-3-1-2-4-7-23(37)34-38/h8-12,14,16-17,38H,1-7,15H2,(H,30,36)(H,34,37)(H2,28,31,32,33). The van der Waals surface area contributed by atoms with Gasteiger partial charge in [0.05, 0.1) is 30.9 Å². The molecule has 0 aliphatic rings. The molecule has 0 aliphatic carbocycles. The molecule has 0 fully saturated rings. The van der Waals surface area contributed by atoms with Crippen molar-refractivity contribution >= 4 is 40.2 Å². The first-order chi connectivity index (χ1) is 18.6. The molecule has 0 atom stereocenters. The zero-order valence-corrected chi connectivity index (χ0v) is 20.8. The Balaban J connectivity index is 1.33. The van der Waals surface area contributed by atoms with E-state index in [4.69, 9.17) is 15.5 Å². The number of nitrogens with one attached hydrogen (secondary N) is 4. The first-order valence-corrected chi connectivity index (χ1v) is 12.4. The molecule has 1 aromatic carbocycles. The van der Waals surface area contributed by atoms with E-state index >= 15 is 0 Å². The fraction of sp³-hybridized carbons (Fsp3) is 0.308. The second kappa shape index (κ2) is 13.0. The molecule has 4 aromatic rings. The Kier molecular flexibility index (Phi) is 8.98. The summed E-state index contributed by atoms with van der Waals surface area (Å²) in [6, 6.07) is 11.3. The number of nitrogens with zero attached hydrogens (tertiary/aromatic N) is 5. The molecule has 12 heteroatoms. The average molecular weight is 516 g/mol. The molecule has 3 aromatic heterocycles. The molecule has 2 amide bonds. The Labute approximate surface area is 219 Å². The minimum absolute atomic E-state index is 0.0701. The van der Waals surface area contributed by atoms with Crippen LogP contribution in [0.25, 0.3) is 22.3 Å². The fourth-order valence-electron chi connectivity index (χ4n) is 3.96. The largest absolute Gasteiger partial charge is 0.346 e. The second-order valence-electron chi connectivity index (χ2n) is 8.74. The zero-order chi connectivity index (χ0) is 26.7. The van der Waals surface area contributed by atoms with Crippen molar-refractivity contribution in [3.63, 3.8) is 0 Å². The van der Waals surface area contributed by atoms with Crippen LogP contribution in [-0.2, 0) is 16.1 Å². The van der Waals surface area contributed by atoms with E-state index in [2.05, 4.69) is 31.8 Å². The number of aromatic amines is 1. The number of amides is 2.